The Morgan fingerprint density at radius 3 is 2.38 bits per heavy atom. The van der Waals surface area contributed by atoms with Crippen LogP contribution < -0.4 is 10.1 Å². The van der Waals surface area contributed by atoms with Crippen LogP contribution in [0.3, 0.4) is 0 Å². The number of amides is 1. The van der Waals surface area contributed by atoms with E-state index in [4.69, 9.17) is 9.47 Å². The van der Waals surface area contributed by atoms with E-state index in [-0.39, 0.29) is 11.3 Å². The average molecular weight is 331 g/mol. The third kappa shape index (κ3) is 4.10. The standard InChI is InChI=1S/C18H18FNO4/c1-11-5-4-6-12(2)17(11)20-16(21)10-24-18(22)13-7-8-15(23-3)14(19)9-13/h4-9H,10H2,1-3H3,(H,20,21). The average Bonchev–Trinajstić information content (AvgIpc) is 2.56. The molecule has 0 aliphatic rings. The molecule has 0 unspecified atom stereocenters. The molecule has 2 aromatic rings. The van der Waals surface area contributed by atoms with Crippen molar-refractivity contribution in [1.82, 2.24) is 0 Å². The molecule has 0 radical (unpaired) electrons. The summed E-state index contributed by atoms with van der Waals surface area (Å²) in [6, 6.07) is 9.32. The highest BCUT2D eigenvalue weighted by atomic mass is 19.1. The van der Waals surface area contributed by atoms with Gasteiger partial charge in [-0.15, -0.1) is 0 Å². The fourth-order valence-electron chi connectivity index (χ4n) is 2.19. The van der Waals surface area contributed by atoms with Crippen molar-refractivity contribution in [3.8, 4) is 5.75 Å². The maximum absolute atomic E-state index is 13.6. The first-order chi connectivity index (χ1) is 11.4. The zero-order chi connectivity index (χ0) is 17.7. The van der Waals surface area contributed by atoms with Crippen LogP contribution in [-0.4, -0.2) is 25.6 Å². The molecule has 0 fully saturated rings. The van der Waals surface area contributed by atoms with Gasteiger partial charge in [0.25, 0.3) is 5.91 Å². The molecule has 1 amide bonds. The molecule has 24 heavy (non-hydrogen) atoms. The number of carbonyl (C=O) groups excluding carboxylic acids is 2. The van der Waals surface area contributed by atoms with Gasteiger partial charge in [-0.2, -0.15) is 0 Å². The Bertz CT molecular complexity index is 753. The maximum Gasteiger partial charge on any atom is 0.338 e. The van der Waals surface area contributed by atoms with Crippen LogP contribution in [0.5, 0.6) is 5.75 Å². The fraction of sp³-hybridized carbons (Fsp3) is 0.222. The first-order valence-electron chi connectivity index (χ1n) is 7.29. The van der Waals surface area contributed by atoms with Crippen LogP contribution in [0.15, 0.2) is 36.4 Å². The van der Waals surface area contributed by atoms with Gasteiger partial charge in [-0.05, 0) is 43.2 Å². The lowest BCUT2D eigenvalue weighted by atomic mass is 10.1. The monoisotopic (exact) mass is 331 g/mol. The van der Waals surface area contributed by atoms with Crippen LogP contribution in [0.2, 0.25) is 0 Å². The van der Waals surface area contributed by atoms with Crippen molar-refractivity contribution in [3.63, 3.8) is 0 Å². The predicted molar refractivity (Wildman–Crippen MR) is 87.8 cm³/mol. The number of anilines is 1. The van der Waals surface area contributed by atoms with E-state index in [9.17, 15) is 14.0 Å². The molecule has 1 N–H and O–H groups in total. The highest BCUT2D eigenvalue weighted by Gasteiger charge is 2.14. The molecule has 5 nitrogen and oxygen atoms in total. The predicted octanol–water partition coefficient (Wildman–Crippen LogP) is 3.25. The lowest BCUT2D eigenvalue weighted by molar-refractivity contribution is -0.119. The number of halogens is 1. The molecule has 0 aliphatic heterocycles. The minimum absolute atomic E-state index is 0.00757. The summed E-state index contributed by atoms with van der Waals surface area (Å²) < 4.78 is 23.3. The first kappa shape index (κ1) is 17.5. The third-order valence-corrected chi connectivity index (χ3v) is 3.47. The van der Waals surface area contributed by atoms with E-state index in [0.29, 0.717) is 5.69 Å². The molecular formula is C18H18FNO4. The Hall–Kier alpha value is -2.89. The summed E-state index contributed by atoms with van der Waals surface area (Å²) in [5.74, 6) is -1.89. The number of para-hydroxylation sites is 1. The topological polar surface area (TPSA) is 64.6 Å². The van der Waals surface area contributed by atoms with Crippen LogP contribution in [0.4, 0.5) is 10.1 Å². The molecule has 6 heteroatoms. The number of carbonyl (C=O) groups is 2. The number of hydrogen-bond donors (Lipinski definition) is 1. The van der Waals surface area contributed by atoms with Gasteiger partial charge < -0.3 is 14.8 Å². The number of hydrogen-bond acceptors (Lipinski definition) is 4. The highest BCUT2D eigenvalue weighted by Crippen LogP contribution is 2.20. The molecular weight excluding hydrogens is 313 g/mol. The van der Waals surface area contributed by atoms with Gasteiger partial charge in [0.1, 0.15) is 0 Å². The molecule has 0 saturated heterocycles. The Morgan fingerprint density at radius 2 is 1.79 bits per heavy atom. The van der Waals surface area contributed by atoms with E-state index in [1.165, 1.54) is 19.2 Å². The SMILES string of the molecule is COc1ccc(C(=O)OCC(=O)Nc2c(C)cccc2C)cc1F. The zero-order valence-corrected chi connectivity index (χ0v) is 13.7. The second-order valence-electron chi connectivity index (χ2n) is 5.24. The van der Waals surface area contributed by atoms with Gasteiger partial charge in [0, 0.05) is 5.69 Å². The fourth-order valence-corrected chi connectivity index (χ4v) is 2.19. The maximum atomic E-state index is 13.6. The van der Waals surface area contributed by atoms with Crippen molar-refractivity contribution in [1.29, 1.82) is 0 Å². The Balaban J connectivity index is 1.96. The summed E-state index contributed by atoms with van der Waals surface area (Å²) in [7, 11) is 1.33. The van der Waals surface area contributed by atoms with E-state index in [2.05, 4.69) is 5.32 Å². The second kappa shape index (κ2) is 7.59. The van der Waals surface area contributed by atoms with Crippen molar-refractivity contribution in [3.05, 3.63) is 58.9 Å². The molecule has 0 bridgehead atoms. The number of ether oxygens (including phenoxy) is 2. The second-order valence-corrected chi connectivity index (χ2v) is 5.24. The largest absolute Gasteiger partial charge is 0.494 e. The number of methoxy groups -OCH3 is 1. The number of esters is 1. The Kier molecular flexibility index (Phi) is 5.52. The molecule has 0 aromatic heterocycles. The van der Waals surface area contributed by atoms with E-state index in [0.717, 1.165) is 17.2 Å². The van der Waals surface area contributed by atoms with Crippen LogP contribution in [-0.2, 0) is 9.53 Å². The Labute approximate surface area is 139 Å². The molecule has 0 heterocycles. The van der Waals surface area contributed by atoms with Crippen molar-refractivity contribution in [2.75, 3.05) is 19.0 Å². The number of rotatable bonds is 5. The van der Waals surface area contributed by atoms with Gasteiger partial charge >= 0.3 is 5.97 Å². The Morgan fingerprint density at radius 1 is 1.12 bits per heavy atom. The lowest BCUT2D eigenvalue weighted by Crippen LogP contribution is -2.21. The quantitative estimate of drug-likeness (QED) is 0.854. The van der Waals surface area contributed by atoms with Crippen LogP contribution in [0.25, 0.3) is 0 Å². The van der Waals surface area contributed by atoms with E-state index in [1.807, 2.05) is 32.0 Å². The smallest absolute Gasteiger partial charge is 0.338 e. The van der Waals surface area contributed by atoms with Crippen molar-refractivity contribution >= 4 is 17.6 Å². The van der Waals surface area contributed by atoms with Gasteiger partial charge in [0.15, 0.2) is 18.2 Å². The van der Waals surface area contributed by atoms with E-state index >= 15 is 0 Å². The molecule has 0 saturated carbocycles. The highest BCUT2D eigenvalue weighted by molar-refractivity contribution is 5.96. The molecule has 0 atom stereocenters. The van der Waals surface area contributed by atoms with Gasteiger partial charge in [-0.1, -0.05) is 18.2 Å². The minimum atomic E-state index is -0.784. The summed E-state index contributed by atoms with van der Waals surface area (Å²) in [5, 5.41) is 2.70. The van der Waals surface area contributed by atoms with Crippen LogP contribution in [0, 0.1) is 19.7 Å². The van der Waals surface area contributed by atoms with Gasteiger partial charge in [-0.3, -0.25) is 4.79 Å². The van der Waals surface area contributed by atoms with E-state index < -0.39 is 24.3 Å². The van der Waals surface area contributed by atoms with Gasteiger partial charge in [0.2, 0.25) is 0 Å². The van der Waals surface area contributed by atoms with Crippen molar-refractivity contribution in [2.24, 2.45) is 0 Å². The summed E-state index contributed by atoms with van der Waals surface area (Å²) in [6.07, 6.45) is 0. The molecule has 2 aromatic carbocycles. The number of benzene rings is 2. The minimum Gasteiger partial charge on any atom is -0.494 e. The number of aryl methyl sites for hydroxylation is 2. The van der Waals surface area contributed by atoms with Gasteiger partial charge in [-0.25, -0.2) is 9.18 Å². The molecule has 0 spiro atoms. The van der Waals surface area contributed by atoms with Crippen molar-refractivity contribution in [2.45, 2.75) is 13.8 Å². The van der Waals surface area contributed by atoms with Crippen molar-refractivity contribution < 1.29 is 23.5 Å². The number of nitrogens with one attached hydrogen (secondary N) is 1. The third-order valence-electron chi connectivity index (χ3n) is 3.47. The normalized spacial score (nSPS) is 10.2. The van der Waals surface area contributed by atoms with Gasteiger partial charge in [0.05, 0.1) is 12.7 Å². The zero-order valence-electron chi connectivity index (χ0n) is 13.7. The molecule has 2 rings (SSSR count). The summed E-state index contributed by atoms with van der Waals surface area (Å²) >= 11 is 0. The molecule has 126 valence electrons. The summed E-state index contributed by atoms with van der Waals surface area (Å²) in [5.41, 5.74) is 2.51. The summed E-state index contributed by atoms with van der Waals surface area (Å²) in [4.78, 5) is 23.8. The van der Waals surface area contributed by atoms with E-state index in [1.54, 1.807) is 0 Å². The first-order valence-corrected chi connectivity index (χ1v) is 7.29. The van der Waals surface area contributed by atoms with Crippen LogP contribution in [0.1, 0.15) is 21.5 Å². The lowest BCUT2D eigenvalue weighted by Gasteiger charge is -2.11. The summed E-state index contributed by atoms with van der Waals surface area (Å²) in [6.45, 7) is 3.28. The molecule has 0 aliphatic carbocycles. The van der Waals surface area contributed by atoms with Crippen LogP contribution >= 0.6 is 0 Å².